The highest BCUT2D eigenvalue weighted by Crippen LogP contribution is 2.29. The number of anilines is 1. The van der Waals surface area contributed by atoms with E-state index < -0.39 is 0 Å². The van der Waals surface area contributed by atoms with E-state index in [2.05, 4.69) is 55.2 Å². The molecule has 0 bridgehead atoms. The van der Waals surface area contributed by atoms with Gasteiger partial charge in [0.1, 0.15) is 0 Å². The Morgan fingerprint density at radius 2 is 2.15 bits per heavy atom. The fraction of sp³-hybridized carbons (Fsp3) is 0.706. The van der Waals surface area contributed by atoms with E-state index in [9.17, 15) is 0 Å². The minimum Gasteiger partial charge on any atom is -0.371 e. The van der Waals surface area contributed by atoms with Crippen LogP contribution in [0.25, 0.3) is 0 Å². The quantitative estimate of drug-likeness (QED) is 0.835. The van der Waals surface area contributed by atoms with Crippen LogP contribution in [-0.2, 0) is 6.54 Å². The summed E-state index contributed by atoms with van der Waals surface area (Å²) in [4.78, 5) is 7.04. The third-order valence-electron chi connectivity index (χ3n) is 4.52. The molecular weight excluding hydrogens is 246 g/mol. The Balaban J connectivity index is 2.14. The molecule has 0 aliphatic carbocycles. The summed E-state index contributed by atoms with van der Waals surface area (Å²) in [5.41, 5.74) is 3.84. The van der Waals surface area contributed by atoms with Gasteiger partial charge in [0.15, 0.2) is 0 Å². The second-order valence-corrected chi connectivity index (χ2v) is 6.32. The second kappa shape index (κ2) is 7.07. The molecule has 0 saturated carbocycles. The minimum absolute atomic E-state index is 0.772. The lowest BCUT2D eigenvalue weighted by molar-refractivity contribution is 0.323. The molecule has 3 heteroatoms. The van der Waals surface area contributed by atoms with Crippen molar-refractivity contribution in [3.8, 4) is 0 Å². The van der Waals surface area contributed by atoms with Crippen molar-refractivity contribution in [1.29, 1.82) is 0 Å². The number of aryl methyl sites for hydroxylation is 1. The summed E-state index contributed by atoms with van der Waals surface area (Å²) in [6.07, 6.45) is 4.52. The van der Waals surface area contributed by atoms with Gasteiger partial charge in [-0.1, -0.05) is 20.8 Å². The van der Waals surface area contributed by atoms with Crippen LogP contribution in [0.2, 0.25) is 0 Å². The first-order valence-electron chi connectivity index (χ1n) is 8.03. The van der Waals surface area contributed by atoms with Gasteiger partial charge < -0.3 is 10.2 Å². The highest BCUT2D eigenvalue weighted by atomic mass is 15.1. The molecule has 0 amide bonds. The predicted molar refractivity (Wildman–Crippen MR) is 86.1 cm³/mol. The van der Waals surface area contributed by atoms with E-state index in [-0.39, 0.29) is 0 Å². The van der Waals surface area contributed by atoms with Crippen molar-refractivity contribution < 1.29 is 0 Å². The second-order valence-electron chi connectivity index (χ2n) is 6.32. The standard InChI is InChI=1S/C17H29N3/c1-5-7-18-10-16-11-19-15(4)9-17(16)20-8-6-13(2)14(3)12-20/h9,11,13-14,18H,5-8,10,12H2,1-4H3. The van der Waals surface area contributed by atoms with Gasteiger partial charge in [-0.2, -0.15) is 0 Å². The van der Waals surface area contributed by atoms with Crippen LogP contribution in [0, 0.1) is 18.8 Å². The fourth-order valence-electron chi connectivity index (χ4n) is 2.89. The van der Waals surface area contributed by atoms with Gasteiger partial charge in [-0.15, -0.1) is 0 Å². The van der Waals surface area contributed by atoms with Crippen LogP contribution in [0.3, 0.4) is 0 Å². The van der Waals surface area contributed by atoms with Gasteiger partial charge in [0.25, 0.3) is 0 Å². The van der Waals surface area contributed by atoms with Gasteiger partial charge in [0.05, 0.1) is 0 Å². The summed E-state index contributed by atoms with van der Waals surface area (Å²) >= 11 is 0. The number of hydrogen-bond acceptors (Lipinski definition) is 3. The smallest absolute Gasteiger partial charge is 0.0445 e. The van der Waals surface area contributed by atoms with E-state index in [4.69, 9.17) is 0 Å². The molecule has 2 unspecified atom stereocenters. The average molecular weight is 275 g/mol. The maximum absolute atomic E-state index is 4.48. The molecule has 1 N–H and O–H groups in total. The van der Waals surface area contributed by atoms with Gasteiger partial charge in [-0.3, -0.25) is 4.98 Å². The highest BCUT2D eigenvalue weighted by Gasteiger charge is 2.24. The first-order valence-corrected chi connectivity index (χ1v) is 8.03. The van der Waals surface area contributed by atoms with Crippen molar-refractivity contribution in [2.24, 2.45) is 11.8 Å². The zero-order valence-electron chi connectivity index (χ0n) is 13.4. The molecule has 1 fully saturated rings. The van der Waals surface area contributed by atoms with Crippen LogP contribution in [0.4, 0.5) is 5.69 Å². The number of hydrogen-bond donors (Lipinski definition) is 1. The Labute approximate surface area is 123 Å². The van der Waals surface area contributed by atoms with Crippen LogP contribution < -0.4 is 10.2 Å². The van der Waals surface area contributed by atoms with E-state index in [0.29, 0.717) is 0 Å². The molecule has 1 aliphatic rings. The molecule has 1 aromatic rings. The lowest BCUT2D eigenvalue weighted by Gasteiger charge is -2.37. The maximum Gasteiger partial charge on any atom is 0.0445 e. The minimum atomic E-state index is 0.772. The molecular formula is C17H29N3. The molecule has 1 saturated heterocycles. The zero-order valence-corrected chi connectivity index (χ0v) is 13.4. The van der Waals surface area contributed by atoms with Crippen molar-refractivity contribution in [3.63, 3.8) is 0 Å². The van der Waals surface area contributed by atoms with Crippen molar-refractivity contribution in [1.82, 2.24) is 10.3 Å². The van der Waals surface area contributed by atoms with E-state index in [1.54, 1.807) is 0 Å². The molecule has 0 spiro atoms. The lowest BCUT2D eigenvalue weighted by Crippen LogP contribution is -2.39. The Bertz CT molecular complexity index is 430. The fourth-order valence-corrected chi connectivity index (χ4v) is 2.89. The number of nitrogens with one attached hydrogen (secondary N) is 1. The van der Waals surface area contributed by atoms with Gasteiger partial charge >= 0.3 is 0 Å². The summed E-state index contributed by atoms with van der Waals surface area (Å²) in [7, 11) is 0. The molecule has 112 valence electrons. The highest BCUT2D eigenvalue weighted by molar-refractivity contribution is 5.54. The Kier molecular flexibility index (Phi) is 5.41. The molecule has 0 aromatic carbocycles. The third-order valence-corrected chi connectivity index (χ3v) is 4.52. The van der Waals surface area contributed by atoms with Crippen molar-refractivity contribution >= 4 is 5.69 Å². The summed E-state index contributed by atoms with van der Waals surface area (Å²) in [5.74, 6) is 1.62. The van der Waals surface area contributed by atoms with Crippen molar-refractivity contribution in [2.45, 2.75) is 47.1 Å². The Morgan fingerprint density at radius 1 is 1.35 bits per heavy atom. The lowest BCUT2D eigenvalue weighted by atomic mass is 9.88. The van der Waals surface area contributed by atoms with Crippen LogP contribution in [0.1, 0.15) is 44.9 Å². The van der Waals surface area contributed by atoms with E-state index in [1.807, 2.05) is 0 Å². The van der Waals surface area contributed by atoms with Gasteiger partial charge in [0.2, 0.25) is 0 Å². The molecule has 2 heterocycles. The van der Waals surface area contributed by atoms with Gasteiger partial charge in [0, 0.05) is 42.8 Å². The van der Waals surface area contributed by atoms with E-state index in [0.717, 1.165) is 30.6 Å². The summed E-state index contributed by atoms with van der Waals surface area (Å²) in [5, 5.41) is 3.50. The summed E-state index contributed by atoms with van der Waals surface area (Å²) in [6, 6.07) is 2.26. The summed E-state index contributed by atoms with van der Waals surface area (Å²) < 4.78 is 0. The van der Waals surface area contributed by atoms with E-state index >= 15 is 0 Å². The van der Waals surface area contributed by atoms with Crippen LogP contribution in [-0.4, -0.2) is 24.6 Å². The number of pyridine rings is 1. The first-order chi connectivity index (χ1) is 9.61. The number of rotatable bonds is 5. The molecule has 3 nitrogen and oxygen atoms in total. The van der Waals surface area contributed by atoms with Crippen LogP contribution >= 0.6 is 0 Å². The predicted octanol–water partition coefficient (Wildman–Crippen LogP) is 3.37. The normalized spacial score (nSPS) is 23.1. The molecule has 1 aliphatic heterocycles. The molecule has 2 rings (SSSR count). The maximum atomic E-state index is 4.48. The topological polar surface area (TPSA) is 28.2 Å². The Hall–Kier alpha value is -1.09. The number of nitrogens with zero attached hydrogens (tertiary/aromatic N) is 2. The van der Waals surface area contributed by atoms with Crippen LogP contribution in [0.5, 0.6) is 0 Å². The molecule has 0 radical (unpaired) electrons. The van der Waals surface area contributed by atoms with Crippen molar-refractivity contribution in [2.75, 3.05) is 24.5 Å². The van der Waals surface area contributed by atoms with E-state index in [1.165, 1.54) is 37.2 Å². The third kappa shape index (κ3) is 3.72. The zero-order chi connectivity index (χ0) is 14.5. The monoisotopic (exact) mass is 275 g/mol. The molecule has 20 heavy (non-hydrogen) atoms. The average Bonchev–Trinajstić information content (AvgIpc) is 2.44. The molecule has 1 aromatic heterocycles. The molecule has 2 atom stereocenters. The number of aromatic nitrogens is 1. The Morgan fingerprint density at radius 3 is 2.85 bits per heavy atom. The number of piperidine rings is 1. The first kappa shape index (κ1) is 15.3. The van der Waals surface area contributed by atoms with Crippen molar-refractivity contribution in [3.05, 3.63) is 23.5 Å². The van der Waals surface area contributed by atoms with Gasteiger partial charge in [-0.05, 0) is 44.2 Å². The SMILES string of the molecule is CCCNCc1cnc(C)cc1N1CCC(C)C(C)C1. The summed E-state index contributed by atoms with van der Waals surface area (Å²) in [6.45, 7) is 13.4. The largest absolute Gasteiger partial charge is 0.371 e. The van der Waals surface area contributed by atoms with Gasteiger partial charge in [-0.25, -0.2) is 0 Å². The van der Waals surface area contributed by atoms with Crippen LogP contribution in [0.15, 0.2) is 12.3 Å².